The molecule has 4 nitrogen and oxygen atoms in total. The average molecular weight is 129 g/mol. The summed E-state index contributed by atoms with van der Waals surface area (Å²) < 4.78 is 0. The molecule has 0 aliphatic rings. The molecule has 0 aromatic heterocycles. The van der Waals surface area contributed by atoms with E-state index in [2.05, 4.69) is 9.88 Å². The summed E-state index contributed by atoms with van der Waals surface area (Å²) in [6.45, 7) is 2.11. The molecule has 0 aliphatic heterocycles. The number of hydrogen-bond donors (Lipinski definition) is 0. The van der Waals surface area contributed by atoms with Gasteiger partial charge in [-0.2, -0.15) is 4.99 Å². The van der Waals surface area contributed by atoms with Crippen molar-refractivity contribution in [2.24, 2.45) is 0 Å². The molecule has 0 saturated heterocycles. The van der Waals surface area contributed by atoms with E-state index >= 15 is 0 Å². The van der Waals surface area contributed by atoms with Gasteiger partial charge in [-0.3, -0.25) is 0 Å². The zero-order chi connectivity index (χ0) is 5.70. The molecule has 5 heteroatoms. The van der Waals surface area contributed by atoms with Crippen LogP contribution in [-0.2, 0) is 9.88 Å². The summed E-state index contributed by atoms with van der Waals surface area (Å²) in [5.41, 5.74) is 0. The van der Waals surface area contributed by atoms with Gasteiger partial charge in [-0.25, -0.2) is 10.1 Å². The molecule has 0 aliphatic carbocycles. The molecular formula is C3H8NNaO3. The first-order valence-corrected chi connectivity index (χ1v) is 1.97. The summed E-state index contributed by atoms with van der Waals surface area (Å²) in [7, 11) is 1.20. The van der Waals surface area contributed by atoms with E-state index in [0.717, 1.165) is 0 Å². The Balaban J connectivity index is 0. The largest absolute Gasteiger partial charge is 1.00 e. The van der Waals surface area contributed by atoms with Crippen LogP contribution >= 0.6 is 0 Å². The van der Waals surface area contributed by atoms with Gasteiger partial charge < -0.3 is 5.21 Å². The molecule has 0 rings (SSSR count). The molecule has 8 heavy (non-hydrogen) atoms. The summed E-state index contributed by atoms with van der Waals surface area (Å²) >= 11 is 0. The normalized spacial score (nSPS) is 9.00. The first kappa shape index (κ1) is 11.6. The van der Waals surface area contributed by atoms with Crippen molar-refractivity contribution in [3.63, 3.8) is 0 Å². The summed E-state index contributed by atoms with van der Waals surface area (Å²) in [5.74, 6) is 0. The van der Waals surface area contributed by atoms with Crippen LogP contribution in [0.1, 0.15) is 6.92 Å². The third kappa shape index (κ3) is 9.96. The number of hydrogen-bond acceptors (Lipinski definition) is 4. The Labute approximate surface area is 70.5 Å². The molecule has 0 aromatic carbocycles. The minimum Gasteiger partial charge on any atom is -0.760 e. The van der Waals surface area contributed by atoms with Gasteiger partial charge in [0, 0.05) is 7.05 Å². The van der Waals surface area contributed by atoms with Gasteiger partial charge in [0.05, 0.1) is 6.61 Å². The van der Waals surface area contributed by atoms with Crippen molar-refractivity contribution in [3.05, 3.63) is 5.21 Å². The molecule has 0 radical (unpaired) electrons. The van der Waals surface area contributed by atoms with Crippen LogP contribution in [-0.4, -0.2) is 18.9 Å². The Morgan fingerprint density at radius 1 is 1.62 bits per heavy atom. The first-order chi connectivity index (χ1) is 3.27. The maximum absolute atomic E-state index is 9.77. The van der Waals surface area contributed by atoms with E-state index in [9.17, 15) is 5.21 Å². The summed E-state index contributed by atoms with van der Waals surface area (Å²) in [4.78, 5) is 8.18. The van der Waals surface area contributed by atoms with Gasteiger partial charge in [0.15, 0.2) is 0 Å². The average Bonchev–Trinajstić information content (AvgIpc) is 1.61. The fourth-order valence-corrected chi connectivity index (χ4v) is 0.127. The third-order valence-electron chi connectivity index (χ3n) is 0.276. The minimum atomic E-state index is 0. The quantitative estimate of drug-likeness (QED) is 0.236. The fourth-order valence-electron chi connectivity index (χ4n) is 0.127. The number of rotatable bonds is 3. The van der Waals surface area contributed by atoms with Crippen molar-refractivity contribution in [1.82, 2.24) is 5.23 Å². The second-order valence-corrected chi connectivity index (χ2v) is 0.921. The van der Waals surface area contributed by atoms with Gasteiger partial charge in [0.2, 0.25) is 0 Å². The van der Waals surface area contributed by atoms with Gasteiger partial charge in [0.1, 0.15) is 0 Å². The predicted molar refractivity (Wildman–Crippen MR) is 23.8 cm³/mol. The van der Waals surface area contributed by atoms with E-state index in [1.54, 1.807) is 6.92 Å². The molecule has 0 aromatic rings. The van der Waals surface area contributed by atoms with Crippen molar-refractivity contribution in [3.8, 4) is 0 Å². The van der Waals surface area contributed by atoms with Crippen LogP contribution in [0, 0.1) is 5.21 Å². The Hall–Kier alpha value is 0.840. The molecular weight excluding hydrogens is 121 g/mol. The molecule has 0 amide bonds. The van der Waals surface area contributed by atoms with Crippen LogP contribution < -0.4 is 29.6 Å². The number of hydroxylamine groups is 2. The van der Waals surface area contributed by atoms with E-state index < -0.39 is 0 Å². The second-order valence-electron chi connectivity index (χ2n) is 0.921. The minimum absolute atomic E-state index is 0. The van der Waals surface area contributed by atoms with E-state index in [4.69, 9.17) is 0 Å². The topological polar surface area (TPSA) is 44.8 Å². The van der Waals surface area contributed by atoms with Crippen LogP contribution in [0.3, 0.4) is 0 Å². The van der Waals surface area contributed by atoms with Crippen molar-refractivity contribution in [1.29, 1.82) is 0 Å². The summed E-state index contributed by atoms with van der Waals surface area (Å²) in [6.07, 6.45) is 0. The van der Waals surface area contributed by atoms with Gasteiger partial charge in [-0.1, -0.05) is 0 Å². The van der Waals surface area contributed by atoms with Gasteiger partial charge >= 0.3 is 29.6 Å². The monoisotopic (exact) mass is 129 g/mol. The maximum Gasteiger partial charge on any atom is 1.00 e. The predicted octanol–water partition coefficient (Wildman–Crippen LogP) is -2.70. The Morgan fingerprint density at radius 3 is 2.25 bits per heavy atom. The molecule has 0 heterocycles. The van der Waals surface area contributed by atoms with E-state index in [-0.39, 0.29) is 34.8 Å². The van der Waals surface area contributed by atoms with Crippen molar-refractivity contribution >= 4 is 0 Å². The summed E-state index contributed by atoms with van der Waals surface area (Å²) in [6, 6.07) is 0. The molecule has 0 fully saturated rings. The van der Waals surface area contributed by atoms with E-state index in [0.29, 0.717) is 6.61 Å². The first-order valence-electron chi connectivity index (χ1n) is 1.97. The van der Waals surface area contributed by atoms with Crippen LogP contribution in [0.4, 0.5) is 0 Å². The zero-order valence-corrected chi connectivity index (χ0v) is 7.38. The zero-order valence-electron chi connectivity index (χ0n) is 5.38. The Morgan fingerprint density at radius 2 is 2.12 bits per heavy atom. The molecule has 0 unspecified atom stereocenters. The van der Waals surface area contributed by atoms with E-state index in [1.165, 1.54) is 7.05 Å². The standard InChI is InChI=1S/C3H8NO3.Na/c1-3-6-7-4(2)5;/h3H2,1-2H3;/q-1;+1. The summed E-state index contributed by atoms with van der Waals surface area (Å²) in [5, 5.41) is 10.0. The van der Waals surface area contributed by atoms with Gasteiger partial charge in [0.25, 0.3) is 0 Å². The number of nitrogens with zero attached hydrogens (tertiary/aromatic N) is 1. The Bertz CT molecular complexity index is 43.5. The molecule has 44 valence electrons. The fraction of sp³-hybridized carbons (Fsp3) is 1.00. The van der Waals surface area contributed by atoms with E-state index in [1.807, 2.05) is 0 Å². The van der Waals surface area contributed by atoms with Gasteiger partial charge in [-0.05, 0) is 6.92 Å². The van der Waals surface area contributed by atoms with Crippen LogP contribution in [0.5, 0.6) is 0 Å². The maximum atomic E-state index is 9.77. The van der Waals surface area contributed by atoms with Crippen LogP contribution in [0.15, 0.2) is 0 Å². The molecule has 0 bridgehead atoms. The van der Waals surface area contributed by atoms with Crippen molar-refractivity contribution < 1.29 is 39.4 Å². The van der Waals surface area contributed by atoms with Gasteiger partial charge in [-0.15, -0.1) is 0 Å². The molecule has 0 N–H and O–H groups in total. The molecule has 0 atom stereocenters. The third-order valence-corrected chi connectivity index (χ3v) is 0.276. The molecule has 0 saturated carbocycles. The SMILES string of the molecule is CCOON(C)[O-].[Na+]. The second kappa shape index (κ2) is 7.84. The van der Waals surface area contributed by atoms with Crippen molar-refractivity contribution in [2.75, 3.05) is 13.7 Å². The molecule has 0 spiro atoms. The van der Waals surface area contributed by atoms with Crippen LogP contribution in [0.2, 0.25) is 0 Å². The smallest absolute Gasteiger partial charge is 0.760 e. The van der Waals surface area contributed by atoms with Crippen molar-refractivity contribution in [2.45, 2.75) is 6.92 Å². The van der Waals surface area contributed by atoms with Crippen LogP contribution in [0.25, 0.3) is 0 Å². The Kier molecular flexibility index (Phi) is 11.4.